The minimum Gasteiger partial charge on any atom is -0.478 e. The molecular formula is C18H14ClF4N3O6. The number of halogens is 5. The normalized spacial score (nSPS) is 13.5. The molecule has 0 unspecified atom stereocenters. The molecule has 2 aromatic rings. The molecule has 14 heteroatoms. The third-order valence-corrected chi connectivity index (χ3v) is 4.40. The van der Waals surface area contributed by atoms with E-state index < -0.39 is 23.9 Å². The van der Waals surface area contributed by atoms with E-state index in [1.807, 2.05) is 0 Å². The summed E-state index contributed by atoms with van der Waals surface area (Å²) in [7, 11) is 1.29. The van der Waals surface area contributed by atoms with E-state index in [4.69, 9.17) is 21.5 Å². The molecule has 0 aliphatic carbocycles. The quantitative estimate of drug-likeness (QED) is 0.502. The number of carboxylic acids is 2. The van der Waals surface area contributed by atoms with E-state index in [-0.39, 0.29) is 47.6 Å². The van der Waals surface area contributed by atoms with Crippen molar-refractivity contribution in [3.05, 3.63) is 40.7 Å². The highest BCUT2D eigenvalue weighted by molar-refractivity contribution is 6.30. The van der Waals surface area contributed by atoms with Gasteiger partial charge in [-0.25, -0.2) is 14.0 Å². The van der Waals surface area contributed by atoms with Crippen LogP contribution in [0, 0.1) is 11.7 Å². The Morgan fingerprint density at radius 2 is 1.75 bits per heavy atom. The number of aromatic carboxylic acids is 1. The van der Waals surface area contributed by atoms with Crippen LogP contribution in [0.2, 0.25) is 5.02 Å². The lowest BCUT2D eigenvalue weighted by atomic mass is 9.99. The highest BCUT2D eigenvalue weighted by atomic mass is 35.5. The van der Waals surface area contributed by atoms with E-state index in [9.17, 15) is 32.3 Å². The lowest BCUT2D eigenvalue weighted by Crippen LogP contribution is -2.51. The number of hydrogen-bond acceptors (Lipinski definition) is 7. The van der Waals surface area contributed by atoms with Gasteiger partial charge in [-0.15, -0.1) is 10.2 Å². The lowest BCUT2D eigenvalue weighted by molar-refractivity contribution is -0.192. The molecule has 1 aromatic heterocycles. The van der Waals surface area contributed by atoms with E-state index in [1.54, 1.807) is 4.90 Å². The van der Waals surface area contributed by atoms with Crippen molar-refractivity contribution in [3.63, 3.8) is 0 Å². The third kappa shape index (κ3) is 5.81. The highest BCUT2D eigenvalue weighted by Gasteiger charge is 2.38. The maximum Gasteiger partial charge on any atom is 0.490 e. The molecular weight excluding hydrogens is 466 g/mol. The van der Waals surface area contributed by atoms with Gasteiger partial charge in [0.1, 0.15) is 11.4 Å². The molecule has 2 N–H and O–H groups in total. The molecule has 3 rings (SSSR count). The first-order chi connectivity index (χ1) is 14.8. The van der Waals surface area contributed by atoms with Crippen LogP contribution in [0.4, 0.5) is 23.4 Å². The Kier molecular flexibility index (Phi) is 7.56. The van der Waals surface area contributed by atoms with Gasteiger partial charge >= 0.3 is 24.1 Å². The Bertz CT molecular complexity index is 1040. The molecule has 0 bridgehead atoms. The number of methoxy groups -OCH3 is 1. The standard InChI is InChI=1S/C16H13ClFN3O4.C2HF3O2/c1-25-16(24)8-6-21(7-8)14-11(15(22)23)5-13(19-20-14)10-4-9(17)2-3-12(10)18;3-2(4,5)1(6)7/h2-5,8H,6-7H2,1H3,(H,22,23);(H,6,7). The Morgan fingerprint density at radius 1 is 1.16 bits per heavy atom. The summed E-state index contributed by atoms with van der Waals surface area (Å²) in [6.07, 6.45) is -5.08. The maximum absolute atomic E-state index is 14.0. The fourth-order valence-electron chi connectivity index (χ4n) is 2.57. The summed E-state index contributed by atoms with van der Waals surface area (Å²) >= 11 is 5.86. The van der Waals surface area contributed by atoms with Gasteiger partial charge in [0.2, 0.25) is 0 Å². The first-order valence-electron chi connectivity index (χ1n) is 8.54. The van der Waals surface area contributed by atoms with Crippen LogP contribution in [-0.2, 0) is 14.3 Å². The summed E-state index contributed by atoms with van der Waals surface area (Å²) in [5.41, 5.74) is -0.0102. The Morgan fingerprint density at radius 3 is 2.25 bits per heavy atom. The topological polar surface area (TPSA) is 130 Å². The second-order valence-corrected chi connectivity index (χ2v) is 6.76. The number of benzene rings is 1. The van der Waals surface area contributed by atoms with Gasteiger partial charge < -0.3 is 19.8 Å². The van der Waals surface area contributed by atoms with Gasteiger partial charge in [-0.3, -0.25) is 4.79 Å². The van der Waals surface area contributed by atoms with Gasteiger partial charge in [0.15, 0.2) is 5.82 Å². The van der Waals surface area contributed by atoms with Crippen molar-refractivity contribution in [2.24, 2.45) is 5.92 Å². The second kappa shape index (κ2) is 9.77. The van der Waals surface area contributed by atoms with Crippen molar-refractivity contribution in [2.45, 2.75) is 6.18 Å². The number of aromatic nitrogens is 2. The zero-order valence-corrected chi connectivity index (χ0v) is 16.8. The predicted octanol–water partition coefficient (Wildman–Crippen LogP) is 2.88. The molecule has 32 heavy (non-hydrogen) atoms. The molecule has 1 fully saturated rings. The number of aliphatic carboxylic acids is 1. The van der Waals surface area contributed by atoms with Crippen LogP contribution in [0.15, 0.2) is 24.3 Å². The summed E-state index contributed by atoms with van der Waals surface area (Å²) in [4.78, 5) is 33.5. The number of carboxylic acid groups (broad SMARTS) is 2. The van der Waals surface area contributed by atoms with Gasteiger partial charge in [-0.2, -0.15) is 13.2 Å². The fourth-order valence-corrected chi connectivity index (χ4v) is 2.74. The van der Waals surface area contributed by atoms with Crippen molar-refractivity contribution < 1.29 is 46.9 Å². The summed E-state index contributed by atoms with van der Waals surface area (Å²) in [5, 5.41) is 24.7. The number of anilines is 1. The van der Waals surface area contributed by atoms with Crippen LogP contribution in [-0.4, -0.2) is 64.7 Å². The van der Waals surface area contributed by atoms with Gasteiger partial charge in [-0.05, 0) is 24.3 Å². The van der Waals surface area contributed by atoms with Gasteiger partial charge in [0.05, 0.1) is 18.7 Å². The smallest absolute Gasteiger partial charge is 0.478 e. The van der Waals surface area contributed by atoms with Crippen LogP contribution >= 0.6 is 11.6 Å². The molecule has 0 amide bonds. The highest BCUT2D eigenvalue weighted by Crippen LogP contribution is 2.30. The summed E-state index contributed by atoms with van der Waals surface area (Å²) in [6, 6.07) is 5.14. The van der Waals surface area contributed by atoms with Crippen LogP contribution in [0.25, 0.3) is 11.3 Å². The molecule has 172 valence electrons. The number of rotatable bonds is 4. The molecule has 0 spiro atoms. The number of nitrogens with zero attached hydrogens (tertiary/aromatic N) is 3. The predicted molar refractivity (Wildman–Crippen MR) is 101 cm³/mol. The van der Waals surface area contributed by atoms with Crippen molar-refractivity contribution in [2.75, 3.05) is 25.1 Å². The van der Waals surface area contributed by atoms with Crippen LogP contribution in [0.5, 0.6) is 0 Å². The number of carbonyl (C=O) groups is 3. The summed E-state index contributed by atoms with van der Waals surface area (Å²) in [6.45, 7) is 0.568. The average molecular weight is 480 g/mol. The zero-order valence-electron chi connectivity index (χ0n) is 16.1. The molecule has 2 heterocycles. The second-order valence-electron chi connectivity index (χ2n) is 6.32. The summed E-state index contributed by atoms with van der Waals surface area (Å²) in [5.74, 6) is -5.14. The van der Waals surface area contributed by atoms with E-state index in [0.29, 0.717) is 5.02 Å². The van der Waals surface area contributed by atoms with Crippen LogP contribution < -0.4 is 4.90 Å². The molecule has 0 atom stereocenters. The van der Waals surface area contributed by atoms with Crippen molar-refractivity contribution in [1.82, 2.24) is 10.2 Å². The molecule has 0 saturated carbocycles. The number of hydrogen-bond donors (Lipinski definition) is 2. The maximum atomic E-state index is 14.0. The van der Waals surface area contributed by atoms with Gasteiger partial charge in [0.25, 0.3) is 0 Å². The Hall–Kier alpha value is -3.48. The monoisotopic (exact) mass is 479 g/mol. The first kappa shape index (κ1) is 24.8. The average Bonchev–Trinajstić information content (AvgIpc) is 2.68. The minimum atomic E-state index is -5.08. The number of ether oxygens (including phenoxy) is 1. The van der Waals surface area contributed by atoms with E-state index in [2.05, 4.69) is 14.9 Å². The molecule has 1 aliphatic heterocycles. The lowest BCUT2D eigenvalue weighted by Gasteiger charge is -2.38. The van der Waals surface area contributed by atoms with E-state index >= 15 is 0 Å². The SMILES string of the molecule is COC(=O)C1CN(c2nnc(-c3cc(Cl)ccc3F)cc2C(=O)O)C1.O=C(O)C(F)(F)F. The van der Waals surface area contributed by atoms with Gasteiger partial charge in [0, 0.05) is 23.7 Å². The largest absolute Gasteiger partial charge is 0.490 e. The number of carbonyl (C=O) groups excluding carboxylic acids is 1. The van der Waals surface area contributed by atoms with Crippen molar-refractivity contribution >= 4 is 35.3 Å². The van der Waals surface area contributed by atoms with Crippen LogP contribution in [0.1, 0.15) is 10.4 Å². The first-order valence-corrected chi connectivity index (χ1v) is 8.92. The van der Waals surface area contributed by atoms with Gasteiger partial charge in [-0.1, -0.05) is 11.6 Å². The minimum absolute atomic E-state index is 0.0603. The number of esters is 1. The fraction of sp³-hybridized carbons (Fsp3) is 0.278. The Balaban J connectivity index is 0.000000451. The molecule has 1 saturated heterocycles. The van der Waals surface area contributed by atoms with E-state index in [1.165, 1.54) is 31.4 Å². The third-order valence-electron chi connectivity index (χ3n) is 4.17. The zero-order chi connectivity index (χ0) is 24.2. The van der Waals surface area contributed by atoms with Crippen LogP contribution in [0.3, 0.4) is 0 Å². The Labute approximate surface area is 182 Å². The summed E-state index contributed by atoms with van der Waals surface area (Å²) < 4.78 is 50.3. The molecule has 0 radical (unpaired) electrons. The van der Waals surface area contributed by atoms with E-state index in [0.717, 1.165) is 0 Å². The molecule has 1 aliphatic rings. The molecule has 1 aromatic carbocycles. The van der Waals surface area contributed by atoms with Crippen molar-refractivity contribution in [3.8, 4) is 11.3 Å². The number of alkyl halides is 3. The molecule has 9 nitrogen and oxygen atoms in total. The van der Waals surface area contributed by atoms with Crippen molar-refractivity contribution in [1.29, 1.82) is 0 Å².